The molecule has 1 atom stereocenters. The van der Waals surface area contributed by atoms with Gasteiger partial charge in [0.15, 0.2) is 5.82 Å². The van der Waals surface area contributed by atoms with Crippen LogP contribution >= 0.6 is 0 Å². The van der Waals surface area contributed by atoms with Crippen molar-refractivity contribution >= 4 is 5.95 Å². The number of anilines is 1. The summed E-state index contributed by atoms with van der Waals surface area (Å²) in [5.74, 6) is -0.392. The summed E-state index contributed by atoms with van der Waals surface area (Å²) < 4.78 is 56.9. The molecule has 1 N–H and O–H groups in total. The molecule has 1 saturated heterocycles. The third-order valence-electron chi connectivity index (χ3n) is 6.35. The second kappa shape index (κ2) is 10.3. The largest absolute Gasteiger partial charge is 0.573 e. The molecule has 38 heavy (non-hydrogen) atoms. The summed E-state index contributed by atoms with van der Waals surface area (Å²) >= 11 is 0. The van der Waals surface area contributed by atoms with Gasteiger partial charge in [0.1, 0.15) is 5.75 Å². The molecular weight excluding hydrogens is 502 g/mol. The van der Waals surface area contributed by atoms with Crippen molar-refractivity contribution < 1.29 is 22.3 Å². The van der Waals surface area contributed by atoms with E-state index in [1.54, 1.807) is 19.2 Å². The van der Waals surface area contributed by atoms with Crippen molar-refractivity contribution in [3.8, 4) is 28.1 Å². The average Bonchev–Trinajstić information content (AvgIpc) is 2.90. The highest BCUT2D eigenvalue weighted by Gasteiger charge is 2.31. The number of ether oxygens (including phenoxy) is 1. The number of pyridine rings is 1. The number of rotatable bonds is 5. The first-order chi connectivity index (χ1) is 18.2. The number of benzene rings is 2. The molecule has 1 aliphatic rings. The minimum Gasteiger partial charge on any atom is -0.406 e. The lowest BCUT2D eigenvalue weighted by Gasteiger charge is -2.35. The quantitative estimate of drug-likeness (QED) is 0.381. The average molecular weight is 526 g/mol. The Bertz CT molecular complexity index is 1490. The molecule has 0 unspecified atom stereocenters. The van der Waals surface area contributed by atoms with Gasteiger partial charge >= 0.3 is 6.36 Å². The van der Waals surface area contributed by atoms with Crippen LogP contribution < -0.4 is 20.5 Å². The van der Waals surface area contributed by atoms with Crippen molar-refractivity contribution in [1.29, 1.82) is 0 Å². The molecule has 0 amide bonds. The monoisotopic (exact) mass is 525 g/mol. The van der Waals surface area contributed by atoms with Gasteiger partial charge in [0.2, 0.25) is 5.95 Å². The van der Waals surface area contributed by atoms with E-state index in [9.17, 15) is 22.4 Å². The normalized spacial score (nSPS) is 15.9. The van der Waals surface area contributed by atoms with E-state index in [1.807, 2.05) is 29.2 Å². The summed E-state index contributed by atoms with van der Waals surface area (Å²) in [6.07, 6.45) is -2.20. The number of nitrogens with zero attached hydrogens (tertiary/aromatic N) is 4. The third-order valence-corrected chi connectivity index (χ3v) is 6.35. The maximum atomic E-state index is 14.3. The fourth-order valence-corrected chi connectivity index (χ4v) is 4.44. The lowest BCUT2D eigenvalue weighted by molar-refractivity contribution is -0.274. The van der Waals surface area contributed by atoms with Gasteiger partial charge in [-0.15, -0.1) is 13.2 Å². The second-order valence-corrected chi connectivity index (χ2v) is 8.84. The summed E-state index contributed by atoms with van der Waals surface area (Å²) in [6, 6.07) is 16.1. The number of alkyl halides is 3. The molecule has 5 rings (SSSR count). The van der Waals surface area contributed by atoms with Gasteiger partial charge in [-0.3, -0.25) is 14.3 Å². The van der Waals surface area contributed by atoms with Crippen LogP contribution in [0.2, 0.25) is 0 Å². The summed E-state index contributed by atoms with van der Waals surface area (Å²) in [6.45, 7) is 1.76. The highest BCUT2D eigenvalue weighted by atomic mass is 19.4. The SMILES string of the molecule is Cn1c(N2CCN[C@@H](c3ccc(-c4ccc(OC(F)(F)F)cc4)cc3)C2)nc(-c2ccncc2F)cc1=O. The molecule has 7 nitrogen and oxygen atoms in total. The zero-order valence-corrected chi connectivity index (χ0v) is 20.2. The highest BCUT2D eigenvalue weighted by molar-refractivity contribution is 5.65. The van der Waals surface area contributed by atoms with Crippen molar-refractivity contribution in [2.24, 2.45) is 7.05 Å². The van der Waals surface area contributed by atoms with Crippen LogP contribution in [0, 0.1) is 5.82 Å². The van der Waals surface area contributed by atoms with E-state index in [4.69, 9.17) is 0 Å². The number of hydrogen-bond acceptors (Lipinski definition) is 6. The first kappa shape index (κ1) is 25.4. The minimum absolute atomic E-state index is 0.0708. The molecular formula is C27H23F4N5O2. The van der Waals surface area contributed by atoms with Gasteiger partial charge in [-0.1, -0.05) is 36.4 Å². The van der Waals surface area contributed by atoms with Crippen LogP contribution in [0.1, 0.15) is 11.6 Å². The van der Waals surface area contributed by atoms with Crippen LogP contribution in [-0.4, -0.2) is 40.5 Å². The maximum Gasteiger partial charge on any atom is 0.573 e. The van der Waals surface area contributed by atoms with Gasteiger partial charge in [0.25, 0.3) is 5.56 Å². The first-order valence-corrected chi connectivity index (χ1v) is 11.8. The van der Waals surface area contributed by atoms with Crippen LogP contribution in [0.15, 0.2) is 77.9 Å². The van der Waals surface area contributed by atoms with E-state index in [1.165, 1.54) is 35.0 Å². The van der Waals surface area contributed by atoms with E-state index in [-0.39, 0.29) is 28.6 Å². The van der Waals surface area contributed by atoms with Crippen molar-refractivity contribution in [3.63, 3.8) is 0 Å². The molecule has 4 aromatic rings. The van der Waals surface area contributed by atoms with Crippen molar-refractivity contribution in [3.05, 3.63) is 94.8 Å². The maximum absolute atomic E-state index is 14.3. The number of halogens is 4. The Hall–Kier alpha value is -4.25. The molecule has 0 saturated carbocycles. The highest BCUT2D eigenvalue weighted by Crippen LogP contribution is 2.29. The van der Waals surface area contributed by atoms with E-state index >= 15 is 0 Å². The lowest BCUT2D eigenvalue weighted by Crippen LogP contribution is -2.47. The Balaban J connectivity index is 1.35. The van der Waals surface area contributed by atoms with Gasteiger partial charge in [0, 0.05) is 50.6 Å². The Kier molecular flexibility index (Phi) is 6.85. The van der Waals surface area contributed by atoms with Crippen molar-refractivity contribution in [2.45, 2.75) is 12.4 Å². The molecule has 1 fully saturated rings. The zero-order valence-electron chi connectivity index (χ0n) is 20.2. The van der Waals surface area contributed by atoms with Crippen LogP contribution in [0.5, 0.6) is 5.75 Å². The second-order valence-electron chi connectivity index (χ2n) is 8.84. The zero-order chi connectivity index (χ0) is 26.9. The van der Waals surface area contributed by atoms with Gasteiger partial charge in [-0.25, -0.2) is 9.37 Å². The van der Waals surface area contributed by atoms with Crippen molar-refractivity contribution in [1.82, 2.24) is 19.9 Å². The van der Waals surface area contributed by atoms with Crippen LogP contribution in [0.4, 0.5) is 23.5 Å². The summed E-state index contributed by atoms with van der Waals surface area (Å²) in [4.78, 5) is 23.0. The molecule has 0 aliphatic carbocycles. The fraction of sp³-hybridized carbons (Fsp3) is 0.222. The van der Waals surface area contributed by atoms with Gasteiger partial charge in [-0.2, -0.15) is 0 Å². The van der Waals surface area contributed by atoms with E-state index < -0.39 is 12.2 Å². The topological polar surface area (TPSA) is 72.3 Å². The fourth-order valence-electron chi connectivity index (χ4n) is 4.44. The minimum atomic E-state index is -4.73. The standard InChI is InChI=1S/C27H23F4N5O2/c1-35-25(37)14-23(21-10-11-32-15-22(21)28)34-26(35)36-13-12-33-24(16-36)19-4-2-17(3-5-19)18-6-8-20(9-7-18)38-27(29,30)31/h2-11,14-15,24,33H,12-13,16H2,1H3/t24-/m1/s1. The van der Waals surface area contributed by atoms with Crippen molar-refractivity contribution in [2.75, 3.05) is 24.5 Å². The molecule has 2 aromatic heterocycles. The molecule has 2 aromatic carbocycles. The van der Waals surface area contributed by atoms with Crippen LogP contribution in [0.25, 0.3) is 22.4 Å². The predicted molar refractivity (Wildman–Crippen MR) is 134 cm³/mol. The Morgan fingerprint density at radius 1 is 1.03 bits per heavy atom. The smallest absolute Gasteiger partial charge is 0.406 e. The van der Waals surface area contributed by atoms with E-state index in [0.29, 0.717) is 25.6 Å². The molecule has 11 heteroatoms. The molecule has 0 radical (unpaired) electrons. The van der Waals surface area contributed by atoms with Gasteiger partial charge < -0.3 is 15.0 Å². The van der Waals surface area contributed by atoms with Gasteiger partial charge in [0.05, 0.1) is 11.9 Å². The third kappa shape index (κ3) is 5.52. The molecule has 3 heterocycles. The number of hydrogen-bond donors (Lipinski definition) is 1. The molecule has 0 bridgehead atoms. The number of aromatic nitrogens is 3. The molecule has 0 spiro atoms. The van der Waals surface area contributed by atoms with E-state index in [0.717, 1.165) is 22.9 Å². The summed E-state index contributed by atoms with van der Waals surface area (Å²) in [5.41, 5.74) is 2.75. The summed E-state index contributed by atoms with van der Waals surface area (Å²) in [7, 11) is 1.63. The van der Waals surface area contributed by atoms with Gasteiger partial charge in [-0.05, 0) is 34.9 Å². The Labute approximate surface area is 215 Å². The molecule has 196 valence electrons. The van der Waals surface area contributed by atoms with Crippen LogP contribution in [-0.2, 0) is 7.05 Å². The molecule has 1 aliphatic heterocycles. The first-order valence-electron chi connectivity index (χ1n) is 11.8. The number of piperazine rings is 1. The van der Waals surface area contributed by atoms with Crippen LogP contribution in [0.3, 0.4) is 0 Å². The summed E-state index contributed by atoms with van der Waals surface area (Å²) in [5, 5.41) is 3.46. The van der Waals surface area contributed by atoms with E-state index in [2.05, 4.69) is 20.0 Å². The Morgan fingerprint density at radius 2 is 1.71 bits per heavy atom. The number of nitrogens with one attached hydrogen (secondary N) is 1. The predicted octanol–water partition coefficient (Wildman–Crippen LogP) is 4.70. The Morgan fingerprint density at radius 3 is 2.37 bits per heavy atom. The lowest BCUT2D eigenvalue weighted by atomic mass is 9.99.